The van der Waals surface area contributed by atoms with E-state index in [1.807, 2.05) is 6.07 Å². The van der Waals surface area contributed by atoms with Gasteiger partial charge in [-0.05, 0) is 18.2 Å². The average Bonchev–Trinajstić information content (AvgIpc) is 3.25. The lowest BCUT2D eigenvalue weighted by molar-refractivity contribution is 0.507. The van der Waals surface area contributed by atoms with Crippen LogP contribution in [0, 0.1) is 11.6 Å². The van der Waals surface area contributed by atoms with Crippen LogP contribution in [0.15, 0.2) is 41.8 Å². The van der Waals surface area contributed by atoms with Crippen molar-refractivity contribution in [1.29, 1.82) is 0 Å². The maximum Gasteiger partial charge on any atom is 0.225 e. The van der Waals surface area contributed by atoms with E-state index >= 15 is 0 Å². The number of nitrogens with zero attached hydrogens (tertiary/aromatic N) is 6. The van der Waals surface area contributed by atoms with Gasteiger partial charge in [0.25, 0.3) is 0 Å². The maximum atomic E-state index is 14.4. The van der Waals surface area contributed by atoms with Crippen LogP contribution in [0.2, 0.25) is 0 Å². The van der Waals surface area contributed by atoms with Crippen molar-refractivity contribution in [2.45, 2.75) is 13.1 Å². The van der Waals surface area contributed by atoms with Crippen molar-refractivity contribution in [2.24, 2.45) is 4.99 Å². The summed E-state index contributed by atoms with van der Waals surface area (Å²) >= 11 is 0. The van der Waals surface area contributed by atoms with Gasteiger partial charge in [0, 0.05) is 37.9 Å². The van der Waals surface area contributed by atoms with Crippen LogP contribution >= 0.6 is 0 Å². The van der Waals surface area contributed by atoms with E-state index in [1.165, 1.54) is 18.5 Å². The highest BCUT2D eigenvalue weighted by Crippen LogP contribution is 2.28. The number of piperazine rings is 1. The van der Waals surface area contributed by atoms with E-state index in [9.17, 15) is 8.78 Å². The van der Waals surface area contributed by atoms with Gasteiger partial charge in [-0.1, -0.05) is 6.07 Å². The summed E-state index contributed by atoms with van der Waals surface area (Å²) in [5.74, 6) is -0.646. The minimum Gasteiger partial charge on any atom is -0.364 e. The molecule has 4 heterocycles. The van der Waals surface area contributed by atoms with Crippen LogP contribution < -0.4 is 15.5 Å². The zero-order chi connectivity index (χ0) is 21.2. The fourth-order valence-corrected chi connectivity index (χ4v) is 3.74. The first-order chi connectivity index (χ1) is 15.2. The van der Waals surface area contributed by atoms with Crippen LogP contribution in [0.4, 0.5) is 20.5 Å². The molecule has 0 unspecified atom stereocenters. The number of nitrogens with one attached hydrogen (secondary N) is 2. The molecule has 0 atom stereocenters. The SMILES string of the molecule is Fc1cccc(C2=NCc3ncnc(NCc4ccnc(N5CCNCC5)n4)c32)c1F. The fraction of sp³-hybridized carbons (Fsp3) is 0.286. The Morgan fingerprint density at radius 1 is 1.06 bits per heavy atom. The van der Waals surface area contributed by atoms with Gasteiger partial charge >= 0.3 is 0 Å². The first kappa shape index (κ1) is 19.4. The molecule has 0 bridgehead atoms. The standard InChI is InChI=1S/C21H20F2N8/c22-15-3-1-2-14(18(15)23)19-17-16(11-26-19)28-12-29-20(17)27-10-13-4-5-25-21(30-13)31-8-6-24-7-9-31/h1-5,12,24H,6-11H2,(H,27,28,29). The number of hydrogen-bond acceptors (Lipinski definition) is 8. The van der Waals surface area contributed by atoms with Gasteiger partial charge in [-0.25, -0.2) is 28.7 Å². The van der Waals surface area contributed by atoms with E-state index in [1.54, 1.807) is 6.20 Å². The van der Waals surface area contributed by atoms with Gasteiger partial charge in [-0.3, -0.25) is 4.99 Å². The Balaban J connectivity index is 1.39. The minimum absolute atomic E-state index is 0.0969. The summed E-state index contributed by atoms with van der Waals surface area (Å²) in [6, 6.07) is 5.89. The first-order valence-corrected chi connectivity index (χ1v) is 10.1. The molecule has 2 aliphatic heterocycles. The molecule has 2 aliphatic rings. The lowest BCUT2D eigenvalue weighted by Gasteiger charge is -2.27. The zero-order valence-corrected chi connectivity index (χ0v) is 16.6. The van der Waals surface area contributed by atoms with Gasteiger partial charge in [-0.2, -0.15) is 0 Å². The Morgan fingerprint density at radius 2 is 1.94 bits per heavy atom. The van der Waals surface area contributed by atoms with E-state index in [-0.39, 0.29) is 5.56 Å². The molecule has 31 heavy (non-hydrogen) atoms. The normalized spacial score (nSPS) is 15.5. The van der Waals surface area contributed by atoms with Crippen molar-refractivity contribution in [3.63, 3.8) is 0 Å². The molecule has 2 aromatic heterocycles. The van der Waals surface area contributed by atoms with E-state index in [0.29, 0.717) is 41.8 Å². The summed E-state index contributed by atoms with van der Waals surface area (Å²) in [5.41, 5.74) is 2.49. The lowest BCUT2D eigenvalue weighted by atomic mass is 10.0. The number of aromatic nitrogens is 4. The lowest BCUT2D eigenvalue weighted by Crippen LogP contribution is -2.44. The van der Waals surface area contributed by atoms with Crippen LogP contribution in [0.5, 0.6) is 0 Å². The highest BCUT2D eigenvalue weighted by atomic mass is 19.2. The second-order valence-corrected chi connectivity index (χ2v) is 7.25. The highest BCUT2D eigenvalue weighted by Gasteiger charge is 2.26. The Bertz CT molecular complexity index is 1140. The molecule has 8 nitrogen and oxygen atoms in total. The predicted molar refractivity (Wildman–Crippen MR) is 112 cm³/mol. The molecular weight excluding hydrogens is 402 g/mol. The number of aliphatic imine (C=N–C) groups is 1. The van der Waals surface area contributed by atoms with Crippen molar-refractivity contribution in [2.75, 3.05) is 36.4 Å². The number of benzene rings is 1. The maximum absolute atomic E-state index is 14.4. The van der Waals surface area contributed by atoms with Gasteiger partial charge in [0.2, 0.25) is 5.95 Å². The molecule has 1 aromatic carbocycles. The Hall–Kier alpha value is -3.53. The van der Waals surface area contributed by atoms with Crippen LogP contribution in [-0.2, 0) is 13.1 Å². The molecule has 1 fully saturated rings. The van der Waals surface area contributed by atoms with Gasteiger partial charge in [-0.15, -0.1) is 0 Å². The highest BCUT2D eigenvalue weighted by molar-refractivity contribution is 6.17. The number of halogens is 2. The zero-order valence-electron chi connectivity index (χ0n) is 16.6. The van der Waals surface area contributed by atoms with Crippen molar-refractivity contribution in [1.82, 2.24) is 25.3 Å². The molecule has 3 aromatic rings. The summed E-state index contributed by atoms with van der Waals surface area (Å²) in [6.07, 6.45) is 3.18. The quantitative estimate of drug-likeness (QED) is 0.649. The van der Waals surface area contributed by atoms with Gasteiger partial charge in [0.05, 0.1) is 35.8 Å². The molecule has 1 saturated heterocycles. The topological polar surface area (TPSA) is 91.2 Å². The second kappa shape index (κ2) is 8.31. The van der Waals surface area contributed by atoms with Gasteiger partial charge in [0.15, 0.2) is 11.6 Å². The van der Waals surface area contributed by atoms with E-state index in [0.717, 1.165) is 37.9 Å². The first-order valence-electron chi connectivity index (χ1n) is 10.1. The van der Waals surface area contributed by atoms with E-state index < -0.39 is 11.6 Å². The Labute approximate surface area is 177 Å². The second-order valence-electron chi connectivity index (χ2n) is 7.25. The van der Waals surface area contributed by atoms with Gasteiger partial charge < -0.3 is 15.5 Å². The third-order valence-corrected chi connectivity index (χ3v) is 5.29. The molecule has 0 spiro atoms. The third-order valence-electron chi connectivity index (χ3n) is 5.29. The predicted octanol–water partition coefficient (Wildman–Crippen LogP) is 1.92. The summed E-state index contributed by atoms with van der Waals surface area (Å²) in [7, 11) is 0. The number of fused-ring (bicyclic) bond motifs is 1. The smallest absolute Gasteiger partial charge is 0.225 e. The molecule has 0 saturated carbocycles. The Kier molecular flexibility index (Phi) is 5.21. The minimum atomic E-state index is -0.930. The van der Waals surface area contributed by atoms with Crippen LogP contribution in [-0.4, -0.2) is 51.8 Å². The van der Waals surface area contributed by atoms with Crippen LogP contribution in [0.1, 0.15) is 22.5 Å². The summed E-state index contributed by atoms with van der Waals surface area (Å²) in [6.45, 7) is 4.20. The van der Waals surface area contributed by atoms with Crippen molar-refractivity contribution in [3.8, 4) is 0 Å². The summed E-state index contributed by atoms with van der Waals surface area (Å²) in [4.78, 5) is 24.1. The van der Waals surface area contributed by atoms with E-state index in [4.69, 9.17) is 0 Å². The van der Waals surface area contributed by atoms with Gasteiger partial charge in [0.1, 0.15) is 12.1 Å². The monoisotopic (exact) mass is 422 g/mol. The van der Waals surface area contributed by atoms with Crippen molar-refractivity contribution in [3.05, 3.63) is 70.9 Å². The molecule has 0 aliphatic carbocycles. The third kappa shape index (κ3) is 3.81. The Morgan fingerprint density at radius 3 is 2.81 bits per heavy atom. The number of anilines is 2. The summed E-state index contributed by atoms with van der Waals surface area (Å²) in [5, 5.41) is 6.57. The molecule has 10 heteroatoms. The summed E-state index contributed by atoms with van der Waals surface area (Å²) < 4.78 is 28.2. The molecule has 0 amide bonds. The van der Waals surface area contributed by atoms with Crippen LogP contribution in [0.25, 0.3) is 0 Å². The molecular formula is C21H20F2N8. The van der Waals surface area contributed by atoms with Crippen molar-refractivity contribution < 1.29 is 8.78 Å². The number of rotatable bonds is 5. The molecule has 158 valence electrons. The van der Waals surface area contributed by atoms with E-state index in [2.05, 4.69) is 40.5 Å². The van der Waals surface area contributed by atoms with Crippen LogP contribution in [0.3, 0.4) is 0 Å². The molecule has 2 N–H and O–H groups in total. The molecule has 0 radical (unpaired) electrons. The fourth-order valence-electron chi connectivity index (χ4n) is 3.74. The average molecular weight is 422 g/mol. The molecule has 5 rings (SSSR count). The number of hydrogen-bond donors (Lipinski definition) is 2. The van der Waals surface area contributed by atoms with Crippen molar-refractivity contribution >= 4 is 17.5 Å². The largest absolute Gasteiger partial charge is 0.364 e.